The van der Waals surface area contributed by atoms with Gasteiger partial charge in [-0.1, -0.05) is 32.0 Å². The van der Waals surface area contributed by atoms with Crippen molar-refractivity contribution in [2.24, 2.45) is 4.99 Å². The molecular formula is C19H28FNO. The third-order valence-electron chi connectivity index (χ3n) is 3.05. The van der Waals surface area contributed by atoms with Crippen LogP contribution in [0.25, 0.3) is 5.57 Å². The number of halogens is 1. The van der Waals surface area contributed by atoms with Crippen molar-refractivity contribution in [1.29, 1.82) is 0 Å². The van der Waals surface area contributed by atoms with Gasteiger partial charge in [-0.05, 0) is 44.9 Å². The fourth-order valence-electron chi connectivity index (χ4n) is 1.92. The fraction of sp³-hybridized carbons (Fsp3) is 0.474. The molecule has 0 aromatic heterocycles. The van der Waals surface area contributed by atoms with Gasteiger partial charge in [0.25, 0.3) is 0 Å². The van der Waals surface area contributed by atoms with Gasteiger partial charge in [0.15, 0.2) is 0 Å². The number of benzene rings is 1. The lowest BCUT2D eigenvalue weighted by Gasteiger charge is -2.02. The van der Waals surface area contributed by atoms with Gasteiger partial charge in [0, 0.05) is 30.7 Å². The molecule has 122 valence electrons. The molecule has 0 N–H and O–H groups in total. The fourth-order valence-corrected chi connectivity index (χ4v) is 1.92. The number of rotatable bonds is 6. The van der Waals surface area contributed by atoms with E-state index >= 15 is 0 Å². The van der Waals surface area contributed by atoms with Crippen molar-refractivity contribution in [2.75, 3.05) is 6.54 Å². The van der Waals surface area contributed by atoms with E-state index in [1.165, 1.54) is 6.07 Å². The molecule has 1 aromatic rings. The molecule has 3 heteroatoms. The molecular weight excluding hydrogens is 277 g/mol. The molecule has 0 fully saturated rings. The van der Waals surface area contributed by atoms with Crippen LogP contribution in [-0.2, 0) is 4.79 Å². The third-order valence-corrected chi connectivity index (χ3v) is 3.05. The summed E-state index contributed by atoms with van der Waals surface area (Å²) >= 11 is 0. The maximum atomic E-state index is 13.4. The highest BCUT2D eigenvalue weighted by molar-refractivity contribution is 5.98. The molecule has 0 heterocycles. The zero-order valence-corrected chi connectivity index (χ0v) is 14.4. The molecule has 0 amide bonds. The monoisotopic (exact) mass is 305 g/mol. The summed E-state index contributed by atoms with van der Waals surface area (Å²) in [7, 11) is 0. The molecule has 0 saturated heterocycles. The van der Waals surface area contributed by atoms with Gasteiger partial charge in [0.1, 0.15) is 11.6 Å². The normalized spacial score (nSPS) is 11.7. The standard InChI is InChI=1S/C13H16FN.C6H12O/c1-4-15-11(3)9-10(2)12-7-5-6-8-13(12)14;1-3-5-6(7)4-2/h5-9H,4H2,1-3H3;3-5H2,1-2H3/b10-9+,15-11?;. The Morgan fingerprint density at radius 1 is 1.18 bits per heavy atom. The van der Waals surface area contributed by atoms with Crippen molar-refractivity contribution in [3.05, 3.63) is 41.7 Å². The number of aliphatic imine (C=N–C) groups is 1. The average Bonchev–Trinajstić information content (AvgIpc) is 2.48. The summed E-state index contributed by atoms with van der Waals surface area (Å²) in [5, 5.41) is 0. The Bertz CT molecular complexity index is 518. The lowest BCUT2D eigenvalue weighted by molar-refractivity contribution is -0.118. The summed E-state index contributed by atoms with van der Waals surface area (Å²) in [6.07, 6.45) is 4.36. The second-order valence-corrected chi connectivity index (χ2v) is 5.07. The minimum absolute atomic E-state index is 0.185. The average molecular weight is 305 g/mol. The first kappa shape index (κ1) is 20.2. The second-order valence-electron chi connectivity index (χ2n) is 5.07. The number of allylic oxidation sites excluding steroid dienone is 2. The van der Waals surface area contributed by atoms with Crippen LogP contribution in [0, 0.1) is 5.82 Å². The summed E-state index contributed by atoms with van der Waals surface area (Å²) in [6, 6.07) is 6.78. The number of carbonyl (C=O) groups is 1. The zero-order valence-electron chi connectivity index (χ0n) is 14.4. The Hall–Kier alpha value is -1.77. The molecule has 0 aliphatic carbocycles. The summed E-state index contributed by atoms with van der Waals surface area (Å²) in [5.41, 5.74) is 2.48. The summed E-state index contributed by atoms with van der Waals surface area (Å²) in [4.78, 5) is 14.6. The highest BCUT2D eigenvalue weighted by Gasteiger charge is 2.02. The number of hydrogen-bond acceptors (Lipinski definition) is 2. The quantitative estimate of drug-likeness (QED) is 0.640. The van der Waals surface area contributed by atoms with E-state index in [0.717, 1.165) is 30.7 Å². The molecule has 0 bridgehead atoms. The van der Waals surface area contributed by atoms with Crippen LogP contribution in [0.2, 0.25) is 0 Å². The van der Waals surface area contributed by atoms with Crippen LogP contribution in [0.5, 0.6) is 0 Å². The smallest absolute Gasteiger partial charge is 0.132 e. The maximum Gasteiger partial charge on any atom is 0.132 e. The van der Waals surface area contributed by atoms with Gasteiger partial charge in [-0.3, -0.25) is 9.79 Å². The van der Waals surface area contributed by atoms with Crippen molar-refractivity contribution >= 4 is 17.1 Å². The highest BCUT2D eigenvalue weighted by Crippen LogP contribution is 2.17. The van der Waals surface area contributed by atoms with Crippen LogP contribution in [0.3, 0.4) is 0 Å². The molecule has 0 radical (unpaired) electrons. The van der Waals surface area contributed by atoms with Gasteiger partial charge in [0.2, 0.25) is 0 Å². The first-order valence-corrected chi connectivity index (χ1v) is 7.92. The molecule has 1 aromatic carbocycles. The molecule has 0 saturated carbocycles. The van der Waals surface area contributed by atoms with E-state index in [9.17, 15) is 9.18 Å². The number of nitrogens with zero attached hydrogens (tertiary/aromatic N) is 1. The number of Topliss-reactive ketones (excluding diaryl/α,β-unsaturated/α-hetero) is 1. The largest absolute Gasteiger partial charge is 0.300 e. The SMILES string of the molecule is CCCC(=O)CC.CCN=C(C)/C=C(\C)c1ccccc1F. The Balaban J connectivity index is 0.000000534. The van der Waals surface area contributed by atoms with E-state index in [1.54, 1.807) is 12.1 Å². The molecule has 1 rings (SSSR count). The summed E-state index contributed by atoms with van der Waals surface area (Å²) in [6.45, 7) is 10.5. The van der Waals surface area contributed by atoms with E-state index in [2.05, 4.69) is 4.99 Å². The molecule has 0 atom stereocenters. The molecule has 0 aliphatic heterocycles. The third kappa shape index (κ3) is 8.50. The van der Waals surface area contributed by atoms with Crippen molar-refractivity contribution in [3.8, 4) is 0 Å². The predicted octanol–water partition coefficient (Wildman–Crippen LogP) is 5.48. The first-order valence-electron chi connectivity index (χ1n) is 7.92. The summed E-state index contributed by atoms with van der Waals surface area (Å²) < 4.78 is 13.4. The number of hydrogen-bond donors (Lipinski definition) is 0. The van der Waals surface area contributed by atoms with E-state index < -0.39 is 0 Å². The van der Waals surface area contributed by atoms with Crippen molar-refractivity contribution in [1.82, 2.24) is 0 Å². The van der Waals surface area contributed by atoms with E-state index in [0.29, 0.717) is 17.8 Å². The summed E-state index contributed by atoms with van der Waals surface area (Å²) in [5.74, 6) is 0.193. The van der Waals surface area contributed by atoms with E-state index in [4.69, 9.17) is 0 Å². The second kappa shape index (κ2) is 11.8. The molecule has 2 nitrogen and oxygen atoms in total. The van der Waals surface area contributed by atoms with Crippen LogP contribution in [0.1, 0.15) is 59.4 Å². The van der Waals surface area contributed by atoms with Gasteiger partial charge in [-0.25, -0.2) is 4.39 Å². The van der Waals surface area contributed by atoms with Crippen molar-refractivity contribution < 1.29 is 9.18 Å². The lowest BCUT2D eigenvalue weighted by Crippen LogP contribution is -1.91. The Morgan fingerprint density at radius 2 is 1.82 bits per heavy atom. The highest BCUT2D eigenvalue weighted by atomic mass is 19.1. The Kier molecular flexibility index (Phi) is 10.9. The van der Waals surface area contributed by atoms with Crippen molar-refractivity contribution in [2.45, 2.75) is 53.9 Å². The lowest BCUT2D eigenvalue weighted by atomic mass is 10.1. The minimum Gasteiger partial charge on any atom is -0.300 e. The topological polar surface area (TPSA) is 29.4 Å². The zero-order chi connectivity index (χ0) is 17.0. The number of carbonyl (C=O) groups excluding carboxylic acids is 1. The van der Waals surface area contributed by atoms with Gasteiger partial charge < -0.3 is 0 Å². The van der Waals surface area contributed by atoms with E-state index in [1.807, 2.05) is 46.8 Å². The molecule has 22 heavy (non-hydrogen) atoms. The molecule has 0 spiro atoms. The van der Waals surface area contributed by atoms with Crippen LogP contribution in [0.15, 0.2) is 35.3 Å². The Labute approximate surface area is 134 Å². The first-order chi connectivity index (χ1) is 10.5. The van der Waals surface area contributed by atoms with Gasteiger partial charge in [0.05, 0.1) is 0 Å². The Morgan fingerprint density at radius 3 is 2.27 bits per heavy atom. The number of ketones is 1. The van der Waals surface area contributed by atoms with Gasteiger partial charge in [-0.15, -0.1) is 0 Å². The van der Waals surface area contributed by atoms with Gasteiger partial charge >= 0.3 is 0 Å². The molecule has 0 unspecified atom stereocenters. The predicted molar refractivity (Wildman–Crippen MR) is 93.9 cm³/mol. The van der Waals surface area contributed by atoms with E-state index in [-0.39, 0.29) is 5.82 Å². The van der Waals surface area contributed by atoms with Gasteiger partial charge in [-0.2, -0.15) is 0 Å². The van der Waals surface area contributed by atoms with Crippen LogP contribution in [0.4, 0.5) is 4.39 Å². The van der Waals surface area contributed by atoms with Crippen LogP contribution >= 0.6 is 0 Å². The van der Waals surface area contributed by atoms with Crippen LogP contribution < -0.4 is 0 Å². The molecule has 0 aliphatic rings. The minimum atomic E-state index is -0.185. The van der Waals surface area contributed by atoms with Crippen molar-refractivity contribution in [3.63, 3.8) is 0 Å². The van der Waals surface area contributed by atoms with Crippen LogP contribution in [-0.4, -0.2) is 18.0 Å². The maximum absolute atomic E-state index is 13.4.